The number of rotatable bonds is 6. The lowest BCUT2D eigenvalue weighted by atomic mass is 10.3. The summed E-state index contributed by atoms with van der Waals surface area (Å²) in [5, 5.41) is 0. The number of aromatic amines is 1. The molecule has 1 N–H and O–H groups in total. The molecular weight excluding hydrogens is 341 g/mol. The molecule has 1 aromatic heterocycles. The minimum Gasteiger partial charge on any atom is -0.330 e. The molecule has 0 aliphatic rings. The Hall–Kier alpha value is -0.720. The van der Waals surface area contributed by atoms with Crippen molar-refractivity contribution >= 4 is 39.2 Å². The Bertz CT molecular complexity index is 650. The number of aromatic nitrogens is 2. The standard InChI is InChI=1S/C14H19BrFN3S/c1-3-5-18(4-2)6-7-19-13-8-10(15)11(16)9-12(13)17-14(19)20/h8-9H,3-7H2,1-2H3,(H,17,20). The first-order chi connectivity index (χ1) is 9.56. The van der Waals surface area contributed by atoms with Crippen molar-refractivity contribution in [3.8, 4) is 0 Å². The van der Waals surface area contributed by atoms with Crippen LogP contribution in [0.1, 0.15) is 20.3 Å². The summed E-state index contributed by atoms with van der Waals surface area (Å²) in [6.45, 7) is 8.22. The van der Waals surface area contributed by atoms with E-state index < -0.39 is 0 Å². The minimum atomic E-state index is -0.276. The van der Waals surface area contributed by atoms with Crippen molar-refractivity contribution in [2.45, 2.75) is 26.8 Å². The van der Waals surface area contributed by atoms with Gasteiger partial charge in [-0.1, -0.05) is 13.8 Å². The Labute approximate surface area is 131 Å². The van der Waals surface area contributed by atoms with Crippen molar-refractivity contribution in [3.63, 3.8) is 0 Å². The van der Waals surface area contributed by atoms with Gasteiger partial charge in [0, 0.05) is 19.2 Å². The molecule has 2 aromatic rings. The molecule has 0 aliphatic carbocycles. The average Bonchev–Trinajstić information content (AvgIpc) is 2.70. The number of fused-ring (bicyclic) bond motifs is 1. The van der Waals surface area contributed by atoms with Gasteiger partial charge in [-0.15, -0.1) is 0 Å². The zero-order chi connectivity index (χ0) is 14.7. The fourth-order valence-electron chi connectivity index (χ4n) is 2.36. The predicted octanol–water partition coefficient (Wildman–Crippen LogP) is 4.33. The van der Waals surface area contributed by atoms with Gasteiger partial charge in [0.25, 0.3) is 0 Å². The predicted molar refractivity (Wildman–Crippen MR) is 87.2 cm³/mol. The molecule has 0 bridgehead atoms. The summed E-state index contributed by atoms with van der Waals surface area (Å²) < 4.78 is 16.7. The van der Waals surface area contributed by atoms with E-state index in [-0.39, 0.29) is 5.82 Å². The topological polar surface area (TPSA) is 24.0 Å². The van der Waals surface area contributed by atoms with Crippen LogP contribution in [0, 0.1) is 10.6 Å². The number of hydrogen-bond donors (Lipinski definition) is 1. The van der Waals surface area contributed by atoms with Crippen LogP contribution in [-0.2, 0) is 6.54 Å². The summed E-state index contributed by atoms with van der Waals surface area (Å²) in [4.78, 5) is 5.46. The normalized spacial score (nSPS) is 11.7. The van der Waals surface area contributed by atoms with E-state index in [4.69, 9.17) is 12.2 Å². The molecular formula is C14H19BrFN3S. The molecule has 6 heteroatoms. The van der Waals surface area contributed by atoms with Crippen molar-refractivity contribution in [1.29, 1.82) is 0 Å². The third-order valence-corrected chi connectivity index (χ3v) is 4.37. The van der Waals surface area contributed by atoms with E-state index in [1.807, 2.05) is 4.57 Å². The number of nitrogens with one attached hydrogen (secondary N) is 1. The SMILES string of the molecule is CCCN(CC)CCn1c(=S)[nH]c2cc(F)c(Br)cc21. The Morgan fingerprint density at radius 2 is 2.10 bits per heavy atom. The minimum absolute atomic E-state index is 0.276. The summed E-state index contributed by atoms with van der Waals surface area (Å²) in [5.74, 6) is -0.276. The maximum Gasteiger partial charge on any atom is 0.178 e. The molecule has 1 heterocycles. The van der Waals surface area contributed by atoms with Crippen LogP contribution in [-0.4, -0.2) is 34.1 Å². The van der Waals surface area contributed by atoms with Crippen LogP contribution in [0.15, 0.2) is 16.6 Å². The summed E-state index contributed by atoms with van der Waals surface area (Å²) in [6.07, 6.45) is 1.14. The molecule has 20 heavy (non-hydrogen) atoms. The van der Waals surface area contributed by atoms with Crippen molar-refractivity contribution in [1.82, 2.24) is 14.5 Å². The van der Waals surface area contributed by atoms with Gasteiger partial charge in [-0.05, 0) is 53.7 Å². The summed E-state index contributed by atoms with van der Waals surface area (Å²) in [6, 6.07) is 3.27. The molecule has 1 aromatic carbocycles. The largest absolute Gasteiger partial charge is 0.330 e. The molecule has 0 aliphatic heterocycles. The van der Waals surface area contributed by atoms with Crippen molar-refractivity contribution in [2.24, 2.45) is 0 Å². The molecule has 110 valence electrons. The average molecular weight is 360 g/mol. The quantitative estimate of drug-likeness (QED) is 0.776. The Morgan fingerprint density at radius 3 is 2.75 bits per heavy atom. The van der Waals surface area contributed by atoms with Gasteiger partial charge in [0.2, 0.25) is 0 Å². The monoisotopic (exact) mass is 359 g/mol. The van der Waals surface area contributed by atoms with E-state index in [2.05, 4.69) is 39.7 Å². The molecule has 0 atom stereocenters. The van der Waals surface area contributed by atoms with Crippen molar-refractivity contribution in [3.05, 3.63) is 27.2 Å². The second kappa shape index (κ2) is 6.83. The number of hydrogen-bond acceptors (Lipinski definition) is 2. The zero-order valence-corrected chi connectivity index (χ0v) is 14.2. The first-order valence-electron chi connectivity index (χ1n) is 6.86. The number of halogens is 2. The molecule has 0 saturated heterocycles. The number of imidazole rings is 1. The van der Waals surface area contributed by atoms with Crippen LogP contribution in [0.25, 0.3) is 11.0 Å². The maximum absolute atomic E-state index is 13.5. The van der Waals surface area contributed by atoms with Gasteiger partial charge in [0.05, 0.1) is 15.5 Å². The van der Waals surface area contributed by atoms with Crippen LogP contribution in [0.2, 0.25) is 0 Å². The van der Waals surface area contributed by atoms with Gasteiger partial charge in [-0.25, -0.2) is 4.39 Å². The van der Waals surface area contributed by atoms with Crippen LogP contribution < -0.4 is 0 Å². The number of nitrogens with zero attached hydrogens (tertiary/aromatic N) is 2. The van der Waals surface area contributed by atoms with E-state index >= 15 is 0 Å². The zero-order valence-electron chi connectivity index (χ0n) is 11.7. The van der Waals surface area contributed by atoms with Crippen LogP contribution in [0.4, 0.5) is 4.39 Å². The highest BCUT2D eigenvalue weighted by Gasteiger charge is 2.10. The second-order valence-corrected chi connectivity index (χ2v) is 6.04. The highest BCUT2D eigenvalue weighted by Crippen LogP contribution is 2.23. The first-order valence-corrected chi connectivity index (χ1v) is 8.06. The smallest absolute Gasteiger partial charge is 0.178 e. The third-order valence-electron chi connectivity index (χ3n) is 3.44. The highest BCUT2D eigenvalue weighted by molar-refractivity contribution is 9.10. The number of likely N-dealkylation sites (N-methyl/N-ethyl adjacent to an activating group) is 1. The van der Waals surface area contributed by atoms with Gasteiger partial charge < -0.3 is 14.5 Å². The van der Waals surface area contributed by atoms with Gasteiger partial charge in [0.15, 0.2) is 4.77 Å². The summed E-state index contributed by atoms with van der Waals surface area (Å²) in [7, 11) is 0. The van der Waals surface area contributed by atoms with Gasteiger partial charge >= 0.3 is 0 Å². The molecule has 0 unspecified atom stereocenters. The lowest BCUT2D eigenvalue weighted by Gasteiger charge is -2.19. The summed E-state index contributed by atoms with van der Waals surface area (Å²) in [5.41, 5.74) is 1.69. The molecule has 0 spiro atoms. The van der Waals surface area contributed by atoms with Crippen LogP contribution >= 0.6 is 28.1 Å². The maximum atomic E-state index is 13.5. The Balaban J connectivity index is 2.27. The van der Waals surface area contributed by atoms with Crippen LogP contribution in [0.3, 0.4) is 0 Å². The van der Waals surface area contributed by atoms with Gasteiger partial charge in [-0.2, -0.15) is 0 Å². The molecule has 3 nitrogen and oxygen atoms in total. The Morgan fingerprint density at radius 1 is 1.35 bits per heavy atom. The van der Waals surface area contributed by atoms with E-state index in [0.29, 0.717) is 9.24 Å². The van der Waals surface area contributed by atoms with Crippen molar-refractivity contribution < 1.29 is 4.39 Å². The number of benzene rings is 1. The van der Waals surface area contributed by atoms with Crippen LogP contribution in [0.5, 0.6) is 0 Å². The van der Waals surface area contributed by atoms with E-state index in [0.717, 1.165) is 43.6 Å². The molecule has 0 fully saturated rings. The molecule has 0 radical (unpaired) electrons. The number of H-pyrrole nitrogens is 1. The molecule has 0 saturated carbocycles. The Kier molecular flexibility index (Phi) is 5.35. The highest BCUT2D eigenvalue weighted by atomic mass is 79.9. The molecule has 0 amide bonds. The van der Waals surface area contributed by atoms with E-state index in [9.17, 15) is 4.39 Å². The third kappa shape index (κ3) is 3.30. The van der Waals surface area contributed by atoms with E-state index in [1.165, 1.54) is 6.07 Å². The fraction of sp³-hybridized carbons (Fsp3) is 0.500. The van der Waals surface area contributed by atoms with Gasteiger partial charge in [-0.3, -0.25) is 0 Å². The van der Waals surface area contributed by atoms with Crippen molar-refractivity contribution in [2.75, 3.05) is 19.6 Å². The fourth-order valence-corrected chi connectivity index (χ4v) is 2.99. The summed E-state index contributed by atoms with van der Waals surface area (Å²) >= 11 is 8.58. The molecule has 2 rings (SSSR count). The van der Waals surface area contributed by atoms with Gasteiger partial charge in [0.1, 0.15) is 5.82 Å². The van der Waals surface area contributed by atoms with E-state index in [1.54, 1.807) is 6.07 Å². The lowest BCUT2D eigenvalue weighted by molar-refractivity contribution is 0.277. The lowest BCUT2D eigenvalue weighted by Crippen LogP contribution is -2.28. The second-order valence-electron chi connectivity index (χ2n) is 4.80. The first kappa shape index (κ1) is 15.7.